The minimum Gasteiger partial charge on any atom is -0.310 e. The van der Waals surface area contributed by atoms with E-state index in [0.717, 1.165) is 39.2 Å². The second kappa shape index (κ2) is 15.9. The molecule has 0 radical (unpaired) electrons. The second-order valence-electron chi connectivity index (χ2n) is 21.4. The highest BCUT2D eigenvalue weighted by atomic mass is 15.1. The quantitative estimate of drug-likeness (QED) is 0.172. The molecule has 1 heterocycles. The van der Waals surface area contributed by atoms with Crippen molar-refractivity contribution in [2.24, 2.45) is 0 Å². The van der Waals surface area contributed by atoms with E-state index in [-0.39, 0.29) is 0 Å². The number of nitrogens with zero attached hydrogens (tertiary/aromatic N) is 3. The van der Waals surface area contributed by atoms with Crippen LogP contribution in [0.25, 0.3) is 82.8 Å². The maximum absolute atomic E-state index is 9.80. The first-order chi connectivity index (χ1) is 38.6. The Kier molecular flexibility index (Phi) is 8.76. The first kappa shape index (κ1) is 43.0. The van der Waals surface area contributed by atoms with E-state index < -0.39 is 10.8 Å². The molecular weight excluding hydrogens is 943 g/mol. The Morgan fingerprint density at radius 1 is 0.321 bits per heavy atom. The molecule has 3 nitrogen and oxygen atoms in total. The third-order valence-corrected chi connectivity index (χ3v) is 17.8. The van der Waals surface area contributed by atoms with E-state index in [1.165, 1.54) is 105 Å². The van der Waals surface area contributed by atoms with Crippen molar-refractivity contribution in [3.63, 3.8) is 0 Å². The van der Waals surface area contributed by atoms with E-state index in [4.69, 9.17) is 0 Å². The molecule has 3 heteroatoms. The summed E-state index contributed by atoms with van der Waals surface area (Å²) in [7, 11) is 0. The molecule has 0 unspecified atom stereocenters. The molecule has 0 bridgehead atoms. The van der Waals surface area contributed by atoms with Gasteiger partial charge in [-0.15, -0.1) is 0 Å². The molecule has 0 amide bonds. The first-order valence-corrected chi connectivity index (χ1v) is 27.0. The lowest BCUT2D eigenvalue weighted by Gasteiger charge is -2.35. The van der Waals surface area contributed by atoms with Crippen molar-refractivity contribution >= 4 is 60.8 Å². The van der Waals surface area contributed by atoms with Gasteiger partial charge in [0.15, 0.2) is 0 Å². The van der Waals surface area contributed by atoms with Crippen LogP contribution >= 0.6 is 0 Å². The number of aromatic nitrogens is 1. The van der Waals surface area contributed by atoms with E-state index in [9.17, 15) is 5.26 Å². The Hall–Kier alpha value is -10.3. The van der Waals surface area contributed by atoms with Crippen LogP contribution in [0.1, 0.15) is 50.1 Å². The fraction of sp³-hybridized carbons (Fsp3) is 0.0267. The van der Waals surface area contributed by atoms with Gasteiger partial charge in [0.2, 0.25) is 0 Å². The molecule has 12 aromatic carbocycles. The Labute approximate surface area is 452 Å². The van der Waals surface area contributed by atoms with Crippen molar-refractivity contribution in [2.45, 2.75) is 10.8 Å². The van der Waals surface area contributed by atoms with Crippen LogP contribution < -0.4 is 4.90 Å². The zero-order chi connectivity index (χ0) is 51.3. The fourth-order valence-electron chi connectivity index (χ4n) is 14.8. The van der Waals surface area contributed by atoms with Gasteiger partial charge < -0.3 is 9.47 Å². The molecule has 78 heavy (non-hydrogen) atoms. The molecule has 360 valence electrons. The molecule has 2 spiro atoms. The summed E-state index contributed by atoms with van der Waals surface area (Å²) in [6.07, 6.45) is 0. The lowest BCUT2D eigenvalue weighted by molar-refractivity contribution is 0.826. The van der Waals surface area contributed by atoms with Crippen molar-refractivity contribution in [2.75, 3.05) is 4.90 Å². The summed E-state index contributed by atoms with van der Waals surface area (Å²) in [5.74, 6) is 0. The maximum atomic E-state index is 9.80. The summed E-state index contributed by atoms with van der Waals surface area (Å²) in [6, 6.07) is 104. The average molecular weight is 988 g/mol. The van der Waals surface area contributed by atoms with Gasteiger partial charge in [0, 0.05) is 33.5 Å². The summed E-state index contributed by atoms with van der Waals surface area (Å²) in [4.78, 5) is 2.48. The molecule has 13 aromatic rings. The predicted octanol–water partition coefficient (Wildman–Crippen LogP) is 18.5. The van der Waals surface area contributed by atoms with E-state index in [0.29, 0.717) is 5.56 Å². The Morgan fingerprint density at radius 2 is 0.756 bits per heavy atom. The van der Waals surface area contributed by atoms with Gasteiger partial charge in [-0.1, -0.05) is 194 Å². The van der Waals surface area contributed by atoms with Crippen molar-refractivity contribution in [1.82, 2.24) is 4.57 Å². The summed E-state index contributed by atoms with van der Waals surface area (Å²) < 4.78 is 2.36. The van der Waals surface area contributed by atoms with Gasteiger partial charge >= 0.3 is 0 Å². The van der Waals surface area contributed by atoms with Crippen LogP contribution in [0.2, 0.25) is 0 Å². The first-order valence-electron chi connectivity index (χ1n) is 27.0. The Bertz CT molecular complexity index is 4710. The zero-order valence-corrected chi connectivity index (χ0v) is 42.3. The van der Waals surface area contributed by atoms with Crippen LogP contribution in [-0.4, -0.2) is 4.57 Å². The Morgan fingerprint density at radius 3 is 1.35 bits per heavy atom. The Balaban J connectivity index is 0.959. The van der Waals surface area contributed by atoms with Crippen LogP contribution in [-0.2, 0) is 10.8 Å². The zero-order valence-electron chi connectivity index (χ0n) is 42.3. The molecule has 0 atom stereocenters. The molecular formula is C75H45N3. The van der Waals surface area contributed by atoms with Gasteiger partial charge in [0.05, 0.1) is 33.5 Å². The standard InChI is InChI=1S/C75H45N3/c76-46-47-30-34-53(35-31-47)78-70-41-39-54(44-63(70)62-42-50-18-4-5-19-51(50)43-71(62)78)77(52-36-32-49(33-37-52)48-16-2-1-3-17-48)55-38-40-61-69(45-55)75(66-27-13-8-22-58(66)59-23-9-14-28-67(59)75)72-60-24-10-15-29-68(60)74(73(61)72)64-25-11-6-20-56(64)57-21-7-12-26-65(57)74/h1-45H. The van der Waals surface area contributed by atoms with E-state index in [1.54, 1.807) is 0 Å². The van der Waals surface area contributed by atoms with E-state index >= 15 is 0 Å². The number of hydrogen-bond donors (Lipinski definition) is 0. The van der Waals surface area contributed by atoms with Crippen LogP contribution in [0.15, 0.2) is 273 Å². The molecule has 0 N–H and O–H groups in total. The van der Waals surface area contributed by atoms with Crippen molar-refractivity contribution in [1.29, 1.82) is 5.26 Å². The number of anilines is 3. The van der Waals surface area contributed by atoms with Crippen LogP contribution in [0.3, 0.4) is 0 Å². The summed E-state index contributed by atoms with van der Waals surface area (Å²) in [5.41, 5.74) is 26.8. The normalized spacial score (nSPS) is 14.3. The molecule has 1 aromatic heterocycles. The number of allylic oxidation sites excluding steroid dienone is 2. The molecule has 17 rings (SSSR count). The van der Waals surface area contributed by atoms with Gasteiger partial charge in [-0.25, -0.2) is 0 Å². The minimum absolute atomic E-state index is 0.545. The fourth-order valence-corrected chi connectivity index (χ4v) is 14.8. The van der Waals surface area contributed by atoms with Crippen LogP contribution in [0, 0.1) is 11.3 Å². The molecule has 0 aliphatic heterocycles. The van der Waals surface area contributed by atoms with Crippen molar-refractivity contribution in [3.8, 4) is 45.1 Å². The number of rotatable bonds is 5. The van der Waals surface area contributed by atoms with Gasteiger partial charge in [0.1, 0.15) is 0 Å². The molecule has 0 saturated heterocycles. The summed E-state index contributed by atoms with van der Waals surface area (Å²) in [5, 5.41) is 14.5. The number of hydrogen-bond acceptors (Lipinski definition) is 2. The topological polar surface area (TPSA) is 32.0 Å². The maximum Gasteiger partial charge on any atom is 0.0991 e. The van der Waals surface area contributed by atoms with E-state index in [2.05, 4.69) is 276 Å². The van der Waals surface area contributed by atoms with Crippen molar-refractivity contribution in [3.05, 3.63) is 323 Å². The largest absolute Gasteiger partial charge is 0.310 e. The predicted molar refractivity (Wildman–Crippen MR) is 320 cm³/mol. The lowest BCUT2D eigenvalue weighted by Crippen LogP contribution is -2.28. The monoisotopic (exact) mass is 987 g/mol. The molecule has 0 fully saturated rings. The summed E-state index contributed by atoms with van der Waals surface area (Å²) in [6.45, 7) is 0. The number of fused-ring (bicyclic) bond motifs is 22. The van der Waals surface area contributed by atoms with Gasteiger partial charge in [0.25, 0.3) is 0 Å². The highest BCUT2D eigenvalue weighted by Crippen LogP contribution is 2.74. The SMILES string of the molecule is N#Cc1ccc(-n2c3ccc(N(c4ccc(-c5ccccc5)cc4)c4ccc5c(c4)C4(C6=C5C5(c7ccccc76)c6ccccc6-c6ccccc65)c5ccccc5-c5ccccc54)cc3c3cc4ccccc4cc32)cc1. The van der Waals surface area contributed by atoms with Crippen molar-refractivity contribution < 1.29 is 0 Å². The highest BCUT2D eigenvalue weighted by molar-refractivity contribution is 6.20. The highest BCUT2D eigenvalue weighted by Gasteiger charge is 2.63. The number of nitriles is 1. The van der Waals surface area contributed by atoms with E-state index in [1.807, 2.05) is 12.1 Å². The third kappa shape index (κ3) is 5.50. The number of benzene rings is 12. The smallest absolute Gasteiger partial charge is 0.0991 e. The van der Waals surface area contributed by atoms with Crippen LogP contribution in [0.4, 0.5) is 17.1 Å². The van der Waals surface area contributed by atoms with Gasteiger partial charge in [-0.2, -0.15) is 5.26 Å². The lowest BCUT2D eigenvalue weighted by atomic mass is 9.66. The minimum atomic E-state index is -0.637. The summed E-state index contributed by atoms with van der Waals surface area (Å²) >= 11 is 0. The second-order valence-corrected chi connectivity index (χ2v) is 21.4. The molecule has 4 aliphatic carbocycles. The third-order valence-electron chi connectivity index (χ3n) is 17.8. The molecule has 4 aliphatic rings. The van der Waals surface area contributed by atoms with Gasteiger partial charge in [-0.05, 0) is 179 Å². The molecule has 0 saturated carbocycles. The van der Waals surface area contributed by atoms with Crippen LogP contribution in [0.5, 0.6) is 0 Å². The van der Waals surface area contributed by atoms with Gasteiger partial charge in [-0.3, -0.25) is 0 Å². The average Bonchev–Trinajstić information content (AvgIpc) is 2.06.